The highest BCUT2D eigenvalue weighted by Crippen LogP contribution is 2.34. The van der Waals surface area contributed by atoms with Crippen molar-refractivity contribution in [3.05, 3.63) is 35.6 Å². The van der Waals surface area contributed by atoms with Crippen molar-refractivity contribution < 1.29 is 18.7 Å². The van der Waals surface area contributed by atoms with Gasteiger partial charge in [-0.2, -0.15) is 0 Å². The predicted octanol–water partition coefficient (Wildman–Crippen LogP) is 2.16. The summed E-state index contributed by atoms with van der Waals surface area (Å²) in [5.41, 5.74) is 0.0398. The van der Waals surface area contributed by atoms with E-state index < -0.39 is 11.5 Å². The van der Waals surface area contributed by atoms with Crippen LogP contribution in [0.15, 0.2) is 24.3 Å². The molecule has 25 heavy (non-hydrogen) atoms. The van der Waals surface area contributed by atoms with Crippen molar-refractivity contribution in [2.24, 2.45) is 5.41 Å². The van der Waals surface area contributed by atoms with Crippen molar-refractivity contribution in [3.63, 3.8) is 0 Å². The van der Waals surface area contributed by atoms with Gasteiger partial charge >= 0.3 is 0 Å². The normalized spacial score (nSPS) is 23.0. The van der Waals surface area contributed by atoms with E-state index in [0.29, 0.717) is 31.9 Å². The van der Waals surface area contributed by atoms with Gasteiger partial charge < -0.3 is 19.7 Å². The molecule has 1 N–H and O–H groups in total. The van der Waals surface area contributed by atoms with Gasteiger partial charge in [-0.05, 0) is 32.0 Å². The molecule has 0 spiro atoms. The third-order valence-electron chi connectivity index (χ3n) is 5.04. The first-order chi connectivity index (χ1) is 11.7. The molecule has 2 aliphatic rings. The molecule has 1 aromatic rings. The van der Waals surface area contributed by atoms with Crippen LogP contribution in [0.1, 0.15) is 24.5 Å². The fourth-order valence-corrected chi connectivity index (χ4v) is 3.70. The average molecular weight is 373 g/mol. The minimum Gasteiger partial charge on any atom is -0.384 e. The monoisotopic (exact) mass is 372 g/mol. The van der Waals surface area contributed by atoms with Crippen LogP contribution in [0.5, 0.6) is 0 Å². The van der Waals surface area contributed by atoms with Crippen LogP contribution >= 0.6 is 12.4 Å². The van der Waals surface area contributed by atoms with Gasteiger partial charge in [-0.1, -0.05) is 18.2 Å². The molecule has 0 radical (unpaired) electrons. The number of halogens is 2. The van der Waals surface area contributed by atoms with E-state index in [1.54, 1.807) is 25.3 Å². The molecule has 2 aliphatic heterocycles. The van der Waals surface area contributed by atoms with Gasteiger partial charge in [0.05, 0.1) is 25.2 Å². The lowest BCUT2D eigenvalue weighted by Gasteiger charge is -2.42. The molecular formula is C18H26ClFN2O3. The zero-order chi connectivity index (χ0) is 17.0. The van der Waals surface area contributed by atoms with E-state index in [4.69, 9.17) is 9.47 Å². The third kappa shape index (κ3) is 4.31. The summed E-state index contributed by atoms with van der Waals surface area (Å²) < 4.78 is 25.1. The maximum Gasteiger partial charge on any atom is 0.231 e. The van der Waals surface area contributed by atoms with Gasteiger partial charge in [-0.3, -0.25) is 4.79 Å². The molecule has 1 atom stereocenters. The van der Waals surface area contributed by atoms with E-state index in [1.165, 1.54) is 6.07 Å². The topological polar surface area (TPSA) is 50.8 Å². The number of rotatable bonds is 4. The lowest BCUT2D eigenvalue weighted by molar-refractivity contribution is -0.155. The lowest BCUT2D eigenvalue weighted by Crippen LogP contribution is -2.54. The van der Waals surface area contributed by atoms with E-state index in [1.807, 2.05) is 4.90 Å². The third-order valence-corrected chi connectivity index (χ3v) is 5.04. The molecule has 1 unspecified atom stereocenters. The maximum atomic E-state index is 14.0. The molecule has 1 amide bonds. The van der Waals surface area contributed by atoms with Crippen LogP contribution in [0.3, 0.4) is 0 Å². The Morgan fingerprint density at radius 2 is 2.12 bits per heavy atom. The molecule has 3 rings (SSSR count). The molecule has 0 bridgehead atoms. The first-order valence-electron chi connectivity index (χ1n) is 8.51. The number of carbonyl (C=O) groups excluding carboxylic acids is 1. The number of piperidine rings is 1. The molecule has 0 saturated carbocycles. The van der Waals surface area contributed by atoms with Gasteiger partial charge in [0, 0.05) is 19.2 Å². The molecule has 0 aromatic heterocycles. The van der Waals surface area contributed by atoms with Crippen molar-refractivity contribution in [3.8, 4) is 0 Å². The second-order valence-electron chi connectivity index (χ2n) is 6.60. The Morgan fingerprint density at radius 1 is 1.40 bits per heavy atom. The molecule has 2 saturated heterocycles. The zero-order valence-electron chi connectivity index (χ0n) is 14.5. The second kappa shape index (κ2) is 8.94. The average Bonchev–Trinajstić information content (AvgIpc) is 2.62. The molecule has 1 aromatic carbocycles. The van der Waals surface area contributed by atoms with Crippen LogP contribution in [0.2, 0.25) is 0 Å². The highest BCUT2D eigenvalue weighted by molar-refractivity contribution is 5.85. The van der Waals surface area contributed by atoms with Gasteiger partial charge in [-0.15, -0.1) is 12.4 Å². The van der Waals surface area contributed by atoms with Crippen LogP contribution < -0.4 is 5.32 Å². The molecule has 140 valence electrons. The van der Waals surface area contributed by atoms with E-state index in [9.17, 15) is 9.18 Å². The van der Waals surface area contributed by atoms with E-state index in [0.717, 1.165) is 25.9 Å². The fraction of sp³-hybridized carbons (Fsp3) is 0.611. The number of amides is 1. The second-order valence-corrected chi connectivity index (χ2v) is 6.60. The zero-order valence-corrected chi connectivity index (χ0v) is 15.3. The van der Waals surface area contributed by atoms with Crippen LogP contribution in [0.4, 0.5) is 4.39 Å². The first kappa shape index (κ1) is 20.1. The Balaban J connectivity index is 0.00000225. The van der Waals surface area contributed by atoms with Crippen LogP contribution in [-0.2, 0) is 14.3 Å². The number of ether oxygens (including phenoxy) is 2. The molecule has 7 heteroatoms. The number of nitrogens with one attached hydrogen (secondary N) is 1. The smallest absolute Gasteiger partial charge is 0.231 e. The van der Waals surface area contributed by atoms with Crippen molar-refractivity contribution in [2.45, 2.75) is 18.9 Å². The quantitative estimate of drug-likeness (QED) is 0.880. The van der Waals surface area contributed by atoms with Crippen LogP contribution in [0, 0.1) is 11.2 Å². The van der Waals surface area contributed by atoms with E-state index in [-0.39, 0.29) is 24.1 Å². The predicted molar refractivity (Wildman–Crippen MR) is 95.3 cm³/mol. The number of hydrogen-bond donors (Lipinski definition) is 1. The van der Waals surface area contributed by atoms with Crippen LogP contribution in [0.25, 0.3) is 0 Å². The highest BCUT2D eigenvalue weighted by Gasteiger charge is 2.43. The molecule has 2 heterocycles. The summed E-state index contributed by atoms with van der Waals surface area (Å²) >= 11 is 0. The summed E-state index contributed by atoms with van der Waals surface area (Å²) in [6, 6.07) is 6.61. The summed E-state index contributed by atoms with van der Waals surface area (Å²) in [6.07, 6.45) is 1.12. The summed E-state index contributed by atoms with van der Waals surface area (Å²) in [4.78, 5) is 15.0. The van der Waals surface area contributed by atoms with Gasteiger partial charge in [-0.25, -0.2) is 4.39 Å². The summed E-state index contributed by atoms with van der Waals surface area (Å²) in [5.74, 6) is -0.180. The summed E-state index contributed by atoms with van der Waals surface area (Å²) in [5, 5.41) is 3.30. The first-order valence-corrected chi connectivity index (χ1v) is 8.51. The number of carbonyl (C=O) groups is 1. The van der Waals surface area contributed by atoms with Gasteiger partial charge in [0.2, 0.25) is 5.91 Å². The minimum absolute atomic E-state index is 0. The maximum absolute atomic E-state index is 14.0. The van der Waals surface area contributed by atoms with Crippen molar-refractivity contribution in [1.82, 2.24) is 10.2 Å². The van der Waals surface area contributed by atoms with Gasteiger partial charge in [0.25, 0.3) is 0 Å². The molecule has 5 nitrogen and oxygen atoms in total. The van der Waals surface area contributed by atoms with Crippen LogP contribution in [-0.4, -0.2) is 57.3 Å². The molecule has 0 aliphatic carbocycles. The number of methoxy groups -OCH3 is 1. The molecule has 2 fully saturated rings. The van der Waals surface area contributed by atoms with Crippen molar-refractivity contribution in [1.29, 1.82) is 0 Å². The standard InChI is InChI=1S/C18H25FN2O3.ClH/c1-23-13-18(6-8-20-9-7-18)17(22)21-10-11-24-16(12-21)14-4-2-3-5-15(14)19;/h2-5,16,20H,6-13H2,1H3;1H. The Morgan fingerprint density at radius 3 is 2.80 bits per heavy atom. The largest absolute Gasteiger partial charge is 0.384 e. The highest BCUT2D eigenvalue weighted by atomic mass is 35.5. The van der Waals surface area contributed by atoms with E-state index in [2.05, 4.69) is 5.32 Å². The van der Waals surface area contributed by atoms with E-state index >= 15 is 0 Å². The fourth-order valence-electron chi connectivity index (χ4n) is 3.70. The number of hydrogen-bond acceptors (Lipinski definition) is 4. The summed E-state index contributed by atoms with van der Waals surface area (Å²) in [6.45, 7) is 3.41. The number of morpholine rings is 1. The number of nitrogens with zero attached hydrogens (tertiary/aromatic N) is 1. The minimum atomic E-state index is -0.475. The Labute approximate surface area is 154 Å². The Kier molecular flexibility index (Phi) is 7.19. The number of benzene rings is 1. The van der Waals surface area contributed by atoms with Crippen molar-refractivity contribution >= 4 is 18.3 Å². The SMILES string of the molecule is COCC1(C(=O)N2CCOC(c3ccccc3F)C2)CCNCC1.Cl. The lowest BCUT2D eigenvalue weighted by atomic mass is 9.78. The van der Waals surface area contributed by atoms with Gasteiger partial charge in [0.1, 0.15) is 11.9 Å². The van der Waals surface area contributed by atoms with Gasteiger partial charge in [0.15, 0.2) is 0 Å². The molecular weight excluding hydrogens is 347 g/mol. The Hall–Kier alpha value is -1.21. The Bertz CT molecular complexity index is 576. The summed E-state index contributed by atoms with van der Waals surface area (Å²) in [7, 11) is 1.64. The van der Waals surface area contributed by atoms with Crippen molar-refractivity contribution in [2.75, 3.05) is 46.5 Å².